The molecule has 0 spiro atoms. The van der Waals surface area contributed by atoms with Crippen molar-refractivity contribution in [3.8, 4) is 0 Å². The van der Waals surface area contributed by atoms with E-state index in [-0.39, 0.29) is 6.54 Å². The lowest BCUT2D eigenvalue weighted by atomic mass is 10.1. The van der Waals surface area contributed by atoms with Crippen molar-refractivity contribution in [1.29, 1.82) is 0 Å². The summed E-state index contributed by atoms with van der Waals surface area (Å²) in [7, 11) is 0. The SMILES string of the molecule is CC(C)(F)CNc1cccc(Cl)c1Cl. The van der Waals surface area contributed by atoms with Crippen molar-refractivity contribution >= 4 is 28.9 Å². The van der Waals surface area contributed by atoms with Gasteiger partial charge in [-0.2, -0.15) is 0 Å². The van der Waals surface area contributed by atoms with E-state index in [0.717, 1.165) is 0 Å². The lowest BCUT2D eigenvalue weighted by Gasteiger charge is -2.16. The van der Waals surface area contributed by atoms with E-state index in [4.69, 9.17) is 23.2 Å². The van der Waals surface area contributed by atoms with Gasteiger partial charge in [-0.25, -0.2) is 4.39 Å². The molecule has 78 valence electrons. The fourth-order valence-corrected chi connectivity index (χ4v) is 1.31. The predicted molar refractivity (Wildman–Crippen MR) is 60.1 cm³/mol. The number of alkyl halides is 1. The van der Waals surface area contributed by atoms with Crippen LogP contribution in [-0.4, -0.2) is 12.2 Å². The standard InChI is InChI=1S/C10H12Cl2FN/c1-10(2,13)6-14-8-5-3-4-7(11)9(8)12/h3-5,14H,6H2,1-2H3. The quantitative estimate of drug-likeness (QED) is 0.831. The Labute approximate surface area is 93.2 Å². The van der Waals surface area contributed by atoms with Crippen molar-refractivity contribution in [2.24, 2.45) is 0 Å². The normalized spacial score (nSPS) is 11.5. The topological polar surface area (TPSA) is 12.0 Å². The van der Waals surface area contributed by atoms with Crippen LogP contribution in [0.3, 0.4) is 0 Å². The molecule has 0 aliphatic rings. The van der Waals surface area contributed by atoms with Crippen LogP contribution in [0.1, 0.15) is 13.8 Å². The minimum atomic E-state index is -1.27. The van der Waals surface area contributed by atoms with Gasteiger partial charge in [-0.3, -0.25) is 0 Å². The van der Waals surface area contributed by atoms with Crippen molar-refractivity contribution < 1.29 is 4.39 Å². The van der Waals surface area contributed by atoms with Gasteiger partial charge in [0.05, 0.1) is 15.7 Å². The Kier molecular flexibility index (Phi) is 3.62. The van der Waals surface area contributed by atoms with Crippen molar-refractivity contribution in [3.05, 3.63) is 28.2 Å². The highest BCUT2D eigenvalue weighted by molar-refractivity contribution is 6.43. The molecule has 0 unspecified atom stereocenters. The summed E-state index contributed by atoms with van der Waals surface area (Å²) >= 11 is 11.7. The summed E-state index contributed by atoms with van der Waals surface area (Å²) in [5, 5.41) is 3.80. The lowest BCUT2D eigenvalue weighted by molar-refractivity contribution is 0.235. The van der Waals surface area contributed by atoms with E-state index >= 15 is 0 Å². The van der Waals surface area contributed by atoms with Crippen LogP contribution in [0.5, 0.6) is 0 Å². The molecule has 1 aromatic rings. The molecule has 0 radical (unpaired) electrons. The summed E-state index contributed by atoms with van der Waals surface area (Å²) in [6.07, 6.45) is 0. The van der Waals surface area contributed by atoms with Crippen LogP contribution in [0.25, 0.3) is 0 Å². The fourth-order valence-electron chi connectivity index (χ4n) is 0.946. The van der Waals surface area contributed by atoms with Gasteiger partial charge in [0.25, 0.3) is 0 Å². The van der Waals surface area contributed by atoms with E-state index in [0.29, 0.717) is 15.7 Å². The Balaban J connectivity index is 2.73. The number of rotatable bonds is 3. The Morgan fingerprint density at radius 1 is 1.36 bits per heavy atom. The Morgan fingerprint density at radius 3 is 2.57 bits per heavy atom. The largest absolute Gasteiger partial charge is 0.381 e. The summed E-state index contributed by atoms with van der Waals surface area (Å²) in [5.74, 6) is 0. The lowest BCUT2D eigenvalue weighted by Crippen LogP contribution is -2.24. The van der Waals surface area contributed by atoms with Gasteiger partial charge in [-0.1, -0.05) is 29.3 Å². The van der Waals surface area contributed by atoms with Gasteiger partial charge in [0.1, 0.15) is 5.67 Å². The van der Waals surface area contributed by atoms with Gasteiger partial charge < -0.3 is 5.32 Å². The number of anilines is 1. The first kappa shape index (κ1) is 11.6. The molecule has 0 aromatic heterocycles. The number of nitrogens with one attached hydrogen (secondary N) is 1. The van der Waals surface area contributed by atoms with Gasteiger partial charge in [-0.15, -0.1) is 0 Å². The molecule has 14 heavy (non-hydrogen) atoms. The van der Waals surface area contributed by atoms with Crippen LogP contribution < -0.4 is 5.32 Å². The molecule has 0 bridgehead atoms. The highest BCUT2D eigenvalue weighted by atomic mass is 35.5. The fraction of sp³-hybridized carbons (Fsp3) is 0.400. The summed E-state index contributed by atoms with van der Waals surface area (Å²) in [6.45, 7) is 3.20. The van der Waals surface area contributed by atoms with Crippen LogP contribution in [-0.2, 0) is 0 Å². The van der Waals surface area contributed by atoms with E-state index < -0.39 is 5.67 Å². The Hall–Kier alpha value is -0.470. The molecule has 1 N–H and O–H groups in total. The second kappa shape index (κ2) is 4.37. The Morgan fingerprint density at radius 2 is 2.00 bits per heavy atom. The minimum Gasteiger partial charge on any atom is -0.381 e. The maximum atomic E-state index is 13.2. The maximum Gasteiger partial charge on any atom is 0.122 e. The van der Waals surface area contributed by atoms with Crippen LogP contribution in [0.2, 0.25) is 10.0 Å². The van der Waals surface area contributed by atoms with Crippen molar-refractivity contribution in [1.82, 2.24) is 0 Å². The molecular formula is C10H12Cl2FN. The summed E-state index contributed by atoms with van der Waals surface area (Å²) in [6, 6.07) is 5.22. The van der Waals surface area contributed by atoms with E-state index in [1.54, 1.807) is 18.2 Å². The first-order chi connectivity index (χ1) is 6.40. The zero-order chi connectivity index (χ0) is 10.8. The molecule has 0 saturated heterocycles. The molecule has 1 rings (SSSR count). The third kappa shape index (κ3) is 3.35. The molecule has 0 amide bonds. The summed E-state index contributed by atoms with van der Waals surface area (Å²) in [4.78, 5) is 0. The molecule has 0 fully saturated rings. The average molecular weight is 236 g/mol. The third-order valence-electron chi connectivity index (χ3n) is 1.65. The van der Waals surface area contributed by atoms with Crippen molar-refractivity contribution in [2.75, 3.05) is 11.9 Å². The molecule has 0 aliphatic carbocycles. The maximum absolute atomic E-state index is 13.2. The number of hydrogen-bond donors (Lipinski definition) is 1. The zero-order valence-corrected chi connectivity index (χ0v) is 9.58. The van der Waals surface area contributed by atoms with E-state index in [9.17, 15) is 4.39 Å². The smallest absolute Gasteiger partial charge is 0.122 e. The minimum absolute atomic E-state index is 0.201. The number of hydrogen-bond acceptors (Lipinski definition) is 1. The van der Waals surface area contributed by atoms with Crippen molar-refractivity contribution in [2.45, 2.75) is 19.5 Å². The van der Waals surface area contributed by atoms with Crippen LogP contribution in [0.15, 0.2) is 18.2 Å². The monoisotopic (exact) mass is 235 g/mol. The number of halogens is 3. The van der Waals surface area contributed by atoms with Gasteiger partial charge in [0.2, 0.25) is 0 Å². The molecule has 1 nitrogen and oxygen atoms in total. The molecular weight excluding hydrogens is 224 g/mol. The van der Waals surface area contributed by atoms with Crippen LogP contribution >= 0.6 is 23.2 Å². The molecule has 0 aliphatic heterocycles. The first-order valence-electron chi connectivity index (χ1n) is 4.27. The average Bonchev–Trinajstić information content (AvgIpc) is 2.06. The van der Waals surface area contributed by atoms with Crippen LogP contribution in [0.4, 0.5) is 10.1 Å². The predicted octanol–water partition coefficient (Wildman–Crippen LogP) is 4.15. The summed E-state index contributed by atoms with van der Waals surface area (Å²) in [5.41, 5.74) is -0.615. The zero-order valence-electron chi connectivity index (χ0n) is 8.07. The molecule has 0 saturated carbocycles. The first-order valence-corrected chi connectivity index (χ1v) is 5.02. The molecule has 0 heterocycles. The van der Waals surface area contributed by atoms with E-state index in [1.165, 1.54) is 13.8 Å². The molecule has 4 heteroatoms. The third-order valence-corrected chi connectivity index (χ3v) is 2.47. The number of benzene rings is 1. The van der Waals surface area contributed by atoms with Gasteiger partial charge >= 0.3 is 0 Å². The second-order valence-electron chi connectivity index (χ2n) is 3.67. The summed E-state index contributed by atoms with van der Waals surface area (Å²) < 4.78 is 13.2. The highest BCUT2D eigenvalue weighted by Crippen LogP contribution is 2.29. The van der Waals surface area contributed by atoms with E-state index in [1.807, 2.05) is 0 Å². The van der Waals surface area contributed by atoms with Crippen molar-refractivity contribution in [3.63, 3.8) is 0 Å². The molecule has 1 aromatic carbocycles. The van der Waals surface area contributed by atoms with Crippen LogP contribution in [0, 0.1) is 0 Å². The molecule has 0 atom stereocenters. The highest BCUT2D eigenvalue weighted by Gasteiger charge is 2.15. The van der Waals surface area contributed by atoms with Gasteiger partial charge in [-0.05, 0) is 26.0 Å². The van der Waals surface area contributed by atoms with Gasteiger partial charge in [0, 0.05) is 6.54 Å². The second-order valence-corrected chi connectivity index (χ2v) is 4.46. The van der Waals surface area contributed by atoms with Gasteiger partial charge in [0.15, 0.2) is 0 Å². The van der Waals surface area contributed by atoms with E-state index in [2.05, 4.69) is 5.32 Å². The Bertz CT molecular complexity index is 320.